The highest BCUT2D eigenvalue weighted by molar-refractivity contribution is 5.30. The second-order valence-electron chi connectivity index (χ2n) is 5.66. The number of nitrogens with zero attached hydrogens (tertiary/aromatic N) is 1. The molecule has 0 atom stereocenters. The minimum atomic E-state index is -0.352. The van der Waals surface area contributed by atoms with Crippen LogP contribution in [-0.4, -0.2) is 22.2 Å². The predicted octanol–water partition coefficient (Wildman–Crippen LogP) is 2.70. The van der Waals surface area contributed by atoms with Crippen LogP contribution in [0.2, 0.25) is 0 Å². The first-order valence-electron chi connectivity index (χ1n) is 6.77. The molecule has 92 valence electrons. The standard InChI is InChI=1S/C15H21NO/c17-15(7-3-4-8-15)9-10-16-11-13-5-1-2-6-14(13)12-16/h1-2,5-6,17H,3-4,7-12H2. The molecule has 1 aliphatic carbocycles. The van der Waals surface area contributed by atoms with Crippen LogP contribution in [0.15, 0.2) is 24.3 Å². The highest BCUT2D eigenvalue weighted by Gasteiger charge is 2.31. The van der Waals surface area contributed by atoms with Gasteiger partial charge in [0.25, 0.3) is 0 Å². The molecular formula is C15H21NO. The lowest BCUT2D eigenvalue weighted by molar-refractivity contribution is 0.0276. The molecule has 1 heterocycles. The Bertz CT molecular complexity index is 371. The third-order valence-corrected chi connectivity index (χ3v) is 4.33. The summed E-state index contributed by atoms with van der Waals surface area (Å²) in [5, 5.41) is 10.3. The zero-order chi connectivity index (χ0) is 11.7. The largest absolute Gasteiger partial charge is 0.390 e. The molecule has 0 saturated heterocycles. The van der Waals surface area contributed by atoms with E-state index in [1.165, 1.54) is 24.0 Å². The number of hydrogen-bond acceptors (Lipinski definition) is 2. The molecular weight excluding hydrogens is 210 g/mol. The van der Waals surface area contributed by atoms with Crippen LogP contribution in [0.1, 0.15) is 43.2 Å². The van der Waals surface area contributed by atoms with Crippen LogP contribution in [0.3, 0.4) is 0 Å². The fourth-order valence-corrected chi connectivity index (χ4v) is 3.21. The summed E-state index contributed by atoms with van der Waals surface area (Å²) in [6.07, 6.45) is 5.37. The van der Waals surface area contributed by atoms with E-state index in [4.69, 9.17) is 0 Å². The van der Waals surface area contributed by atoms with Gasteiger partial charge in [-0.3, -0.25) is 4.90 Å². The van der Waals surface area contributed by atoms with Crippen LogP contribution in [0, 0.1) is 0 Å². The summed E-state index contributed by atoms with van der Waals surface area (Å²) >= 11 is 0. The van der Waals surface area contributed by atoms with Crippen LogP contribution in [-0.2, 0) is 13.1 Å². The first-order valence-corrected chi connectivity index (χ1v) is 6.77. The van der Waals surface area contributed by atoms with Gasteiger partial charge in [0.2, 0.25) is 0 Å². The zero-order valence-electron chi connectivity index (χ0n) is 10.4. The van der Waals surface area contributed by atoms with Crippen molar-refractivity contribution in [3.63, 3.8) is 0 Å². The van der Waals surface area contributed by atoms with E-state index in [0.29, 0.717) is 0 Å². The summed E-state index contributed by atoms with van der Waals surface area (Å²) in [5.74, 6) is 0. The molecule has 17 heavy (non-hydrogen) atoms. The van der Waals surface area contributed by atoms with Gasteiger partial charge in [-0.25, -0.2) is 0 Å². The van der Waals surface area contributed by atoms with Crippen molar-refractivity contribution in [3.05, 3.63) is 35.4 Å². The topological polar surface area (TPSA) is 23.5 Å². The highest BCUT2D eigenvalue weighted by Crippen LogP contribution is 2.33. The molecule has 1 aromatic rings. The third kappa shape index (κ3) is 2.38. The number of aliphatic hydroxyl groups is 1. The molecule has 0 unspecified atom stereocenters. The van der Waals surface area contributed by atoms with E-state index in [9.17, 15) is 5.11 Å². The van der Waals surface area contributed by atoms with E-state index in [1.807, 2.05) is 0 Å². The van der Waals surface area contributed by atoms with Crippen molar-refractivity contribution >= 4 is 0 Å². The molecule has 1 saturated carbocycles. The maximum atomic E-state index is 10.3. The first-order chi connectivity index (χ1) is 8.25. The van der Waals surface area contributed by atoms with Crippen molar-refractivity contribution in [2.75, 3.05) is 6.54 Å². The van der Waals surface area contributed by atoms with Crippen LogP contribution >= 0.6 is 0 Å². The van der Waals surface area contributed by atoms with Crippen molar-refractivity contribution < 1.29 is 5.11 Å². The molecule has 0 aromatic heterocycles. The molecule has 3 rings (SSSR count). The molecule has 0 bridgehead atoms. The molecule has 0 spiro atoms. The first kappa shape index (κ1) is 11.2. The minimum Gasteiger partial charge on any atom is -0.390 e. The van der Waals surface area contributed by atoms with Gasteiger partial charge in [-0.05, 0) is 30.4 Å². The Labute approximate surface area is 103 Å². The molecule has 2 nitrogen and oxygen atoms in total. The summed E-state index contributed by atoms with van der Waals surface area (Å²) in [5.41, 5.74) is 2.58. The van der Waals surface area contributed by atoms with Gasteiger partial charge in [-0.1, -0.05) is 37.1 Å². The van der Waals surface area contributed by atoms with Gasteiger partial charge in [-0.15, -0.1) is 0 Å². The maximum absolute atomic E-state index is 10.3. The Hall–Kier alpha value is -0.860. The van der Waals surface area contributed by atoms with E-state index in [0.717, 1.165) is 38.9 Å². The molecule has 1 N–H and O–H groups in total. The normalized spacial score (nSPS) is 22.9. The van der Waals surface area contributed by atoms with E-state index in [-0.39, 0.29) is 5.60 Å². The van der Waals surface area contributed by atoms with Crippen molar-refractivity contribution in [1.29, 1.82) is 0 Å². The summed E-state index contributed by atoms with van der Waals surface area (Å²) in [4.78, 5) is 2.46. The van der Waals surface area contributed by atoms with E-state index < -0.39 is 0 Å². The monoisotopic (exact) mass is 231 g/mol. The van der Waals surface area contributed by atoms with Crippen molar-refractivity contribution in [1.82, 2.24) is 4.90 Å². The highest BCUT2D eigenvalue weighted by atomic mass is 16.3. The molecule has 1 aromatic carbocycles. The molecule has 1 aliphatic heterocycles. The quantitative estimate of drug-likeness (QED) is 0.864. The predicted molar refractivity (Wildman–Crippen MR) is 68.6 cm³/mol. The van der Waals surface area contributed by atoms with Gasteiger partial charge in [0.15, 0.2) is 0 Å². The Balaban J connectivity index is 1.55. The van der Waals surface area contributed by atoms with Crippen LogP contribution < -0.4 is 0 Å². The summed E-state index contributed by atoms with van der Waals surface area (Å²) in [6.45, 7) is 3.16. The van der Waals surface area contributed by atoms with Gasteiger partial charge in [0, 0.05) is 19.6 Å². The molecule has 0 radical (unpaired) electrons. The number of hydrogen-bond donors (Lipinski definition) is 1. The minimum absolute atomic E-state index is 0.352. The van der Waals surface area contributed by atoms with Gasteiger partial charge in [-0.2, -0.15) is 0 Å². The fourth-order valence-electron chi connectivity index (χ4n) is 3.21. The maximum Gasteiger partial charge on any atom is 0.0660 e. The number of fused-ring (bicyclic) bond motifs is 1. The Morgan fingerprint density at radius 1 is 1.06 bits per heavy atom. The summed E-state index contributed by atoms with van der Waals surface area (Å²) < 4.78 is 0. The Morgan fingerprint density at radius 3 is 2.24 bits per heavy atom. The average molecular weight is 231 g/mol. The van der Waals surface area contributed by atoms with Gasteiger partial charge < -0.3 is 5.11 Å². The lowest BCUT2D eigenvalue weighted by atomic mass is 9.98. The Morgan fingerprint density at radius 2 is 1.65 bits per heavy atom. The van der Waals surface area contributed by atoms with E-state index >= 15 is 0 Å². The Kier molecular flexibility index (Phi) is 2.93. The molecule has 2 heteroatoms. The molecule has 1 fully saturated rings. The lowest BCUT2D eigenvalue weighted by Crippen LogP contribution is -2.30. The van der Waals surface area contributed by atoms with Crippen LogP contribution in [0.5, 0.6) is 0 Å². The SMILES string of the molecule is OC1(CCN2Cc3ccccc3C2)CCCC1. The van der Waals surface area contributed by atoms with Crippen molar-refractivity contribution in [2.24, 2.45) is 0 Å². The number of benzene rings is 1. The van der Waals surface area contributed by atoms with Gasteiger partial charge >= 0.3 is 0 Å². The van der Waals surface area contributed by atoms with Gasteiger partial charge in [0.1, 0.15) is 0 Å². The zero-order valence-corrected chi connectivity index (χ0v) is 10.4. The number of rotatable bonds is 3. The average Bonchev–Trinajstić information content (AvgIpc) is 2.93. The van der Waals surface area contributed by atoms with Gasteiger partial charge in [0.05, 0.1) is 5.60 Å². The summed E-state index contributed by atoms with van der Waals surface area (Å²) in [7, 11) is 0. The fraction of sp³-hybridized carbons (Fsp3) is 0.600. The smallest absolute Gasteiger partial charge is 0.0660 e. The van der Waals surface area contributed by atoms with Crippen molar-refractivity contribution in [3.8, 4) is 0 Å². The van der Waals surface area contributed by atoms with Crippen molar-refractivity contribution in [2.45, 2.75) is 50.8 Å². The second-order valence-corrected chi connectivity index (χ2v) is 5.66. The van der Waals surface area contributed by atoms with E-state index in [1.54, 1.807) is 0 Å². The van der Waals surface area contributed by atoms with E-state index in [2.05, 4.69) is 29.2 Å². The summed E-state index contributed by atoms with van der Waals surface area (Å²) in [6, 6.07) is 8.68. The molecule has 2 aliphatic rings. The van der Waals surface area contributed by atoms with Crippen LogP contribution in [0.25, 0.3) is 0 Å². The lowest BCUT2D eigenvalue weighted by Gasteiger charge is -2.25. The second kappa shape index (κ2) is 4.43. The molecule has 0 amide bonds. The third-order valence-electron chi connectivity index (χ3n) is 4.33. The van der Waals surface area contributed by atoms with Crippen LogP contribution in [0.4, 0.5) is 0 Å².